The van der Waals surface area contributed by atoms with E-state index in [9.17, 15) is 9.90 Å². The van der Waals surface area contributed by atoms with Crippen molar-refractivity contribution in [3.63, 3.8) is 0 Å². The molecule has 0 saturated carbocycles. The lowest BCUT2D eigenvalue weighted by Gasteiger charge is -2.28. The fourth-order valence-electron chi connectivity index (χ4n) is 1.46. The molecule has 0 radical (unpaired) electrons. The highest BCUT2D eigenvalue weighted by atomic mass is 16.3. The monoisotopic (exact) mass is 196 g/mol. The third-order valence-electron chi connectivity index (χ3n) is 2.15. The van der Waals surface area contributed by atoms with Gasteiger partial charge in [0.05, 0.1) is 23.8 Å². The zero-order chi connectivity index (χ0) is 10.1. The number of carbonyl (C=O) groups is 1. The molecule has 0 aliphatic carbocycles. The molecule has 0 bridgehead atoms. The van der Waals surface area contributed by atoms with Crippen LogP contribution >= 0.6 is 0 Å². The standard InChI is InChI=1S/C8H12N4O2/c1-4-9-2-5-7(11-4)8(14)10-3-6(13)12-5/h3-4,8-9,11,14H,2H2,1H3,(H,12,13). The number of hydrogen-bond donors (Lipinski definition) is 4. The van der Waals surface area contributed by atoms with E-state index in [4.69, 9.17) is 0 Å². The first-order valence-electron chi connectivity index (χ1n) is 4.42. The van der Waals surface area contributed by atoms with E-state index in [0.717, 1.165) is 6.21 Å². The van der Waals surface area contributed by atoms with Gasteiger partial charge in [-0.25, -0.2) is 0 Å². The van der Waals surface area contributed by atoms with Crippen molar-refractivity contribution in [2.45, 2.75) is 19.3 Å². The SMILES string of the molecule is CC1NCC2=C(N1)C(O)N=CC(=O)N2. The molecule has 2 rings (SSSR count). The molecule has 2 aliphatic rings. The van der Waals surface area contributed by atoms with E-state index in [0.29, 0.717) is 17.9 Å². The van der Waals surface area contributed by atoms with E-state index in [-0.39, 0.29) is 12.1 Å². The van der Waals surface area contributed by atoms with Gasteiger partial charge in [-0.3, -0.25) is 15.1 Å². The van der Waals surface area contributed by atoms with Crippen LogP contribution in [0.15, 0.2) is 16.4 Å². The number of hydrogen-bond acceptors (Lipinski definition) is 5. The Labute approximate surface area is 81.1 Å². The van der Waals surface area contributed by atoms with E-state index in [1.807, 2.05) is 6.92 Å². The van der Waals surface area contributed by atoms with Gasteiger partial charge in [-0.05, 0) is 6.92 Å². The molecular formula is C8H12N4O2. The van der Waals surface area contributed by atoms with Gasteiger partial charge in [0.25, 0.3) is 5.91 Å². The number of aliphatic imine (C=N–C) groups is 1. The summed E-state index contributed by atoms with van der Waals surface area (Å²) < 4.78 is 0. The summed E-state index contributed by atoms with van der Waals surface area (Å²) in [4.78, 5) is 14.8. The molecule has 4 N–H and O–H groups in total. The number of nitrogens with zero attached hydrogens (tertiary/aromatic N) is 1. The number of aliphatic hydroxyl groups excluding tert-OH is 1. The van der Waals surface area contributed by atoms with Gasteiger partial charge in [0.1, 0.15) is 0 Å². The predicted molar refractivity (Wildman–Crippen MR) is 50.3 cm³/mol. The quantitative estimate of drug-likeness (QED) is 0.370. The maximum atomic E-state index is 11.1. The lowest BCUT2D eigenvalue weighted by atomic mass is 10.2. The van der Waals surface area contributed by atoms with Crippen LogP contribution in [0.25, 0.3) is 0 Å². The van der Waals surface area contributed by atoms with Gasteiger partial charge in [-0.2, -0.15) is 0 Å². The number of nitrogens with one attached hydrogen (secondary N) is 3. The van der Waals surface area contributed by atoms with Gasteiger partial charge >= 0.3 is 0 Å². The van der Waals surface area contributed by atoms with Crippen LogP contribution in [0, 0.1) is 0 Å². The molecule has 1 amide bonds. The molecule has 6 nitrogen and oxygen atoms in total. The van der Waals surface area contributed by atoms with Gasteiger partial charge in [0.2, 0.25) is 0 Å². The fraction of sp³-hybridized carbons (Fsp3) is 0.500. The maximum absolute atomic E-state index is 11.1. The Balaban J connectivity index is 2.30. The van der Waals surface area contributed by atoms with Crippen LogP contribution in [0.4, 0.5) is 0 Å². The van der Waals surface area contributed by atoms with Crippen molar-refractivity contribution in [2.75, 3.05) is 6.54 Å². The van der Waals surface area contributed by atoms with Crippen LogP contribution in [0.2, 0.25) is 0 Å². The first-order chi connectivity index (χ1) is 6.66. The Morgan fingerprint density at radius 3 is 3.21 bits per heavy atom. The minimum absolute atomic E-state index is 0.0635. The average molecular weight is 196 g/mol. The van der Waals surface area contributed by atoms with E-state index in [1.54, 1.807) is 0 Å². The van der Waals surface area contributed by atoms with Gasteiger partial charge in [-0.1, -0.05) is 0 Å². The number of carbonyl (C=O) groups excluding carboxylic acids is 1. The molecule has 0 aromatic heterocycles. The van der Waals surface area contributed by atoms with Crippen molar-refractivity contribution in [1.82, 2.24) is 16.0 Å². The molecule has 2 unspecified atom stereocenters. The number of rotatable bonds is 0. The van der Waals surface area contributed by atoms with E-state index in [1.165, 1.54) is 0 Å². The maximum Gasteiger partial charge on any atom is 0.266 e. The summed E-state index contributed by atoms with van der Waals surface area (Å²) in [5.74, 6) is -0.313. The molecule has 0 aromatic rings. The van der Waals surface area contributed by atoms with Gasteiger partial charge < -0.3 is 15.7 Å². The third-order valence-corrected chi connectivity index (χ3v) is 2.15. The van der Waals surface area contributed by atoms with E-state index in [2.05, 4.69) is 20.9 Å². The average Bonchev–Trinajstić information content (AvgIpc) is 2.29. The highest BCUT2D eigenvalue weighted by Gasteiger charge is 2.24. The Morgan fingerprint density at radius 2 is 2.43 bits per heavy atom. The Morgan fingerprint density at radius 1 is 1.64 bits per heavy atom. The Kier molecular flexibility index (Phi) is 2.22. The van der Waals surface area contributed by atoms with Crippen molar-refractivity contribution < 1.29 is 9.90 Å². The first kappa shape index (κ1) is 9.17. The number of amides is 1. The molecule has 14 heavy (non-hydrogen) atoms. The van der Waals surface area contributed by atoms with Gasteiger partial charge in [-0.15, -0.1) is 0 Å². The fourth-order valence-corrected chi connectivity index (χ4v) is 1.46. The number of aliphatic hydroxyl groups is 1. The Hall–Kier alpha value is -1.40. The lowest BCUT2D eigenvalue weighted by molar-refractivity contribution is -0.113. The van der Waals surface area contributed by atoms with Crippen molar-refractivity contribution in [3.05, 3.63) is 11.4 Å². The second-order valence-electron chi connectivity index (χ2n) is 3.28. The molecule has 2 heterocycles. The summed E-state index contributed by atoms with van der Waals surface area (Å²) in [6.45, 7) is 2.45. The van der Waals surface area contributed by atoms with E-state index >= 15 is 0 Å². The van der Waals surface area contributed by atoms with Crippen LogP contribution in [-0.2, 0) is 4.79 Å². The zero-order valence-electron chi connectivity index (χ0n) is 7.74. The summed E-state index contributed by atoms with van der Waals surface area (Å²) in [5, 5.41) is 18.3. The predicted octanol–water partition coefficient (Wildman–Crippen LogP) is -1.74. The van der Waals surface area contributed by atoms with Crippen LogP contribution < -0.4 is 16.0 Å². The highest BCUT2D eigenvalue weighted by Crippen LogP contribution is 2.11. The van der Waals surface area contributed by atoms with E-state index < -0.39 is 6.23 Å². The Bertz CT molecular complexity index is 323. The minimum Gasteiger partial charge on any atom is -0.368 e. The molecular weight excluding hydrogens is 184 g/mol. The summed E-state index contributed by atoms with van der Waals surface area (Å²) in [5.41, 5.74) is 1.22. The highest BCUT2D eigenvalue weighted by molar-refractivity contribution is 6.27. The molecule has 0 aromatic carbocycles. The molecule has 0 spiro atoms. The van der Waals surface area contributed by atoms with Crippen molar-refractivity contribution in [2.24, 2.45) is 4.99 Å². The van der Waals surface area contributed by atoms with Crippen molar-refractivity contribution in [3.8, 4) is 0 Å². The summed E-state index contributed by atoms with van der Waals surface area (Å²) in [7, 11) is 0. The first-order valence-corrected chi connectivity index (χ1v) is 4.42. The van der Waals surface area contributed by atoms with Gasteiger partial charge in [0, 0.05) is 6.54 Å². The summed E-state index contributed by atoms with van der Waals surface area (Å²) in [6.07, 6.45) is 0.178. The van der Waals surface area contributed by atoms with Crippen LogP contribution in [-0.4, -0.2) is 36.2 Å². The van der Waals surface area contributed by atoms with Crippen LogP contribution in [0.3, 0.4) is 0 Å². The normalized spacial score (nSPS) is 31.7. The second-order valence-corrected chi connectivity index (χ2v) is 3.28. The summed E-state index contributed by atoms with van der Waals surface area (Å²) >= 11 is 0. The summed E-state index contributed by atoms with van der Waals surface area (Å²) in [6, 6.07) is 0. The van der Waals surface area contributed by atoms with Crippen molar-refractivity contribution >= 4 is 12.1 Å². The molecule has 2 atom stereocenters. The molecule has 0 fully saturated rings. The lowest BCUT2D eigenvalue weighted by Crippen LogP contribution is -2.50. The van der Waals surface area contributed by atoms with Crippen molar-refractivity contribution in [1.29, 1.82) is 0 Å². The topological polar surface area (TPSA) is 85.8 Å². The molecule has 6 heteroatoms. The second kappa shape index (κ2) is 3.39. The van der Waals surface area contributed by atoms with Crippen LogP contribution in [0.5, 0.6) is 0 Å². The molecule has 0 saturated heterocycles. The smallest absolute Gasteiger partial charge is 0.266 e. The minimum atomic E-state index is -0.978. The molecule has 76 valence electrons. The zero-order valence-corrected chi connectivity index (χ0v) is 7.74. The van der Waals surface area contributed by atoms with Crippen LogP contribution in [0.1, 0.15) is 6.92 Å². The third kappa shape index (κ3) is 1.61. The largest absolute Gasteiger partial charge is 0.368 e. The molecule has 2 aliphatic heterocycles. The van der Waals surface area contributed by atoms with Gasteiger partial charge in [0.15, 0.2) is 6.23 Å².